The summed E-state index contributed by atoms with van der Waals surface area (Å²) in [5, 5.41) is 0. The van der Waals surface area contributed by atoms with Gasteiger partial charge in [-0.1, -0.05) is 13.8 Å². The van der Waals surface area contributed by atoms with Crippen LogP contribution >= 0.6 is 0 Å². The molecule has 0 atom stereocenters. The van der Waals surface area contributed by atoms with Gasteiger partial charge in [0.1, 0.15) is 0 Å². The van der Waals surface area contributed by atoms with E-state index in [1.54, 1.807) is 0 Å². The first kappa shape index (κ1) is 13.8. The van der Waals surface area contributed by atoms with Crippen molar-refractivity contribution in [3.8, 4) is 11.8 Å². The molecule has 17 heavy (non-hydrogen) atoms. The highest BCUT2D eigenvalue weighted by Gasteiger charge is 2.13. The Balaban J connectivity index is 3.01. The maximum absolute atomic E-state index is 5.74. The lowest BCUT2D eigenvalue weighted by molar-refractivity contribution is 0.209. The lowest BCUT2D eigenvalue weighted by Gasteiger charge is -2.17. The molecule has 0 fully saturated rings. The van der Waals surface area contributed by atoms with Crippen molar-refractivity contribution in [1.29, 1.82) is 0 Å². The molecule has 1 rings (SSSR count). The van der Waals surface area contributed by atoms with Crippen LogP contribution in [0.5, 0.6) is 11.8 Å². The van der Waals surface area contributed by atoms with Gasteiger partial charge in [0.15, 0.2) is 0 Å². The summed E-state index contributed by atoms with van der Waals surface area (Å²) >= 11 is 0. The van der Waals surface area contributed by atoms with Gasteiger partial charge in [0.25, 0.3) is 0 Å². The predicted molar refractivity (Wildman–Crippen MR) is 69.9 cm³/mol. The van der Waals surface area contributed by atoms with Crippen LogP contribution in [0, 0.1) is 0 Å². The Kier molecular flexibility index (Phi) is 4.79. The number of ether oxygens (including phenoxy) is 2. The molecular formula is C14H23NO2. The van der Waals surface area contributed by atoms with Crippen LogP contribution in [-0.2, 0) is 0 Å². The zero-order chi connectivity index (χ0) is 13.0. The molecule has 0 saturated heterocycles. The predicted octanol–water partition coefficient (Wildman–Crippen LogP) is 3.78. The molecule has 0 radical (unpaired) electrons. The molecule has 0 aliphatic carbocycles. The summed E-state index contributed by atoms with van der Waals surface area (Å²) in [7, 11) is 0. The van der Waals surface area contributed by atoms with Gasteiger partial charge in [0.2, 0.25) is 11.8 Å². The number of rotatable bonds is 5. The Morgan fingerprint density at radius 3 is 1.94 bits per heavy atom. The van der Waals surface area contributed by atoms with Crippen LogP contribution in [-0.4, -0.2) is 17.2 Å². The highest BCUT2D eigenvalue weighted by molar-refractivity contribution is 5.33. The number of pyridine rings is 1. The molecule has 0 saturated carbocycles. The zero-order valence-electron chi connectivity index (χ0n) is 11.7. The molecule has 0 bridgehead atoms. The standard InChI is InChI=1S/C14H23NO2/c1-9(2)12-7-8-13(16-10(3)4)15-14(12)17-11(5)6/h7-11H,1-6H3. The summed E-state index contributed by atoms with van der Waals surface area (Å²) in [6, 6.07) is 3.94. The van der Waals surface area contributed by atoms with Crippen LogP contribution in [0.1, 0.15) is 53.0 Å². The van der Waals surface area contributed by atoms with Gasteiger partial charge in [-0.05, 0) is 39.7 Å². The van der Waals surface area contributed by atoms with E-state index in [0.29, 0.717) is 17.7 Å². The van der Waals surface area contributed by atoms with Crippen molar-refractivity contribution >= 4 is 0 Å². The van der Waals surface area contributed by atoms with Gasteiger partial charge in [-0.25, -0.2) is 0 Å². The summed E-state index contributed by atoms with van der Waals surface area (Å²) in [4.78, 5) is 4.43. The number of hydrogen-bond donors (Lipinski definition) is 0. The van der Waals surface area contributed by atoms with Crippen molar-refractivity contribution in [2.45, 2.75) is 59.7 Å². The number of nitrogens with zero attached hydrogens (tertiary/aromatic N) is 1. The summed E-state index contributed by atoms with van der Waals surface area (Å²) in [6.07, 6.45) is 0.244. The molecule has 96 valence electrons. The van der Waals surface area contributed by atoms with Crippen molar-refractivity contribution < 1.29 is 9.47 Å². The van der Waals surface area contributed by atoms with E-state index in [4.69, 9.17) is 9.47 Å². The van der Waals surface area contributed by atoms with Gasteiger partial charge in [-0.2, -0.15) is 4.98 Å². The Labute approximate surface area is 104 Å². The molecule has 0 aliphatic rings. The second-order valence-corrected chi connectivity index (χ2v) is 5.03. The van der Waals surface area contributed by atoms with E-state index in [-0.39, 0.29) is 12.2 Å². The third-order valence-electron chi connectivity index (χ3n) is 2.19. The molecular weight excluding hydrogens is 214 g/mol. The molecule has 1 aromatic heterocycles. The second-order valence-electron chi connectivity index (χ2n) is 5.03. The van der Waals surface area contributed by atoms with E-state index in [2.05, 4.69) is 18.8 Å². The van der Waals surface area contributed by atoms with Crippen LogP contribution in [0.2, 0.25) is 0 Å². The Morgan fingerprint density at radius 2 is 1.47 bits per heavy atom. The third-order valence-corrected chi connectivity index (χ3v) is 2.19. The quantitative estimate of drug-likeness (QED) is 0.781. The smallest absolute Gasteiger partial charge is 0.220 e. The topological polar surface area (TPSA) is 31.4 Å². The van der Waals surface area contributed by atoms with Gasteiger partial charge >= 0.3 is 0 Å². The van der Waals surface area contributed by atoms with E-state index in [1.807, 2.05) is 39.8 Å². The minimum Gasteiger partial charge on any atom is -0.475 e. The first-order valence-corrected chi connectivity index (χ1v) is 6.24. The van der Waals surface area contributed by atoms with Crippen LogP contribution < -0.4 is 9.47 Å². The highest BCUT2D eigenvalue weighted by atomic mass is 16.5. The third kappa shape index (κ3) is 4.25. The lowest BCUT2D eigenvalue weighted by atomic mass is 10.1. The van der Waals surface area contributed by atoms with Gasteiger partial charge in [0.05, 0.1) is 12.2 Å². The molecule has 0 aliphatic heterocycles. The average Bonchev–Trinajstić information content (AvgIpc) is 2.15. The Bertz CT molecular complexity index is 359. The lowest BCUT2D eigenvalue weighted by Crippen LogP contribution is -2.12. The molecule has 3 heteroatoms. The minimum atomic E-state index is 0.120. The maximum Gasteiger partial charge on any atom is 0.220 e. The Hall–Kier alpha value is -1.25. The van der Waals surface area contributed by atoms with Gasteiger partial charge in [0, 0.05) is 11.6 Å². The summed E-state index contributed by atoms with van der Waals surface area (Å²) < 4.78 is 11.3. The minimum absolute atomic E-state index is 0.120. The van der Waals surface area contributed by atoms with Crippen molar-refractivity contribution in [2.75, 3.05) is 0 Å². The molecule has 0 N–H and O–H groups in total. The molecule has 3 nitrogen and oxygen atoms in total. The van der Waals surface area contributed by atoms with E-state index >= 15 is 0 Å². The molecule has 0 aromatic carbocycles. The Morgan fingerprint density at radius 1 is 0.882 bits per heavy atom. The van der Waals surface area contributed by atoms with Crippen LogP contribution in [0.4, 0.5) is 0 Å². The largest absolute Gasteiger partial charge is 0.475 e. The van der Waals surface area contributed by atoms with E-state index < -0.39 is 0 Å². The van der Waals surface area contributed by atoms with Crippen molar-refractivity contribution in [3.05, 3.63) is 17.7 Å². The fraction of sp³-hybridized carbons (Fsp3) is 0.643. The fourth-order valence-corrected chi connectivity index (χ4v) is 1.50. The maximum atomic E-state index is 5.74. The van der Waals surface area contributed by atoms with E-state index in [0.717, 1.165) is 5.56 Å². The van der Waals surface area contributed by atoms with Crippen molar-refractivity contribution in [3.63, 3.8) is 0 Å². The van der Waals surface area contributed by atoms with E-state index in [9.17, 15) is 0 Å². The van der Waals surface area contributed by atoms with Crippen LogP contribution in [0.3, 0.4) is 0 Å². The fourth-order valence-electron chi connectivity index (χ4n) is 1.50. The molecule has 0 amide bonds. The van der Waals surface area contributed by atoms with Crippen molar-refractivity contribution in [2.24, 2.45) is 0 Å². The molecule has 0 unspecified atom stereocenters. The second kappa shape index (κ2) is 5.89. The van der Waals surface area contributed by atoms with Crippen molar-refractivity contribution in [1.82, 2.24) is 4.98 Å². The molecule has 1 aromatic rings. The monoisotopic (exact) mass is 237 g/mol. The summed E-state index contributed by atoms with van der Waals surface area (Å²) in [5.41, 5.74) is 1.12. The first-order chi connectivity index (χ1) is 7.90. The average molecular weight is 237 g/mol. The molecule has 0 spiro atoms. The van der Waals surface area contributed by atoms with Crippen LogP contribution in [0.15, 0.2) is 12.1 Å². The summed E-state index contributed by atoms with van der Waals surface area (Å²) in [5.74, 6) is 1.71. The zero-order valence-corrected chi connectivity index (χ0v) is 11.7. The SMILES string of the molecule is CC(C)Oc1ccc(C(C)C)c(OC(C)C)n1. The van der Waals surface area contributed by atoms with Gasteiger partial charge < -0.3 is 9.47 Å². The van der Waals surface area contributed by atoms with Crippen LogP contribution in [0.25, 0.3) is 0 Å². The number of hydrogen-bond acceptors (Lipinski definition) is 3. The summed E-state index contributed by atoms with van der Waals surface area (Å²) in [6.45, 7) is 12.2. The first-order valence-electron chi connectivity index (χ1n) is 6.24. The van der Waals surface area contributed by atoms with E-state index in [1.165, 1.54) is 0 Å². The van der Waals surface area contributed by atoms with Gasteiger partial charge in [-0.15, -0.1) is 0 Å². The molecule has 1 heterocycles. The normalized spacial score (nSPS) is 11.4. The van der Waals surface area contributed by atoms with Gasteiger partial charge in [-0.3, -0.25) is 0 Å². The number of aromatic nitrogens is 1. The highest BCUT2D eigenvalue weighted by Crippen LogP contribution is 2.28.